The smallest absolute Gasteiger partial charge is 0.351 e. The average molecular weight is 272 g/mol. The molecule has 0 bridgehead atoms. The Morgan fingerprint density at radius 2 is 1.83 bits per heavy atom. The molecule has 0 spiro atoms. The van der Waals surface area contributed by atoms with E-state index in [-0.39, 0.29) is 11.5 Å². The molecule has 1 aromatic carbocycles. The summed E-state index contributed by atoms with van der Waals surface area (Å²) in [5, 5.41) is 0. The second-order valence-corrected chi connectivity index (χ2v) is 5.67. The Balaban J connectivity index is 3.10. The molecule has 0 saturated carbocycles. The molecule has 0 fully saturated rings. The summed E-state index contributed by atoms with van der Waals surface area (Å²) in [6.07, 6.45) is 0. The van der Waals surface area contributed by atoms with Gasteiger partial charge in [-0.3, -0.25) is 0 Å². The van der Waals surface area contributed by atoms with Gasteiger partial charge in [0.25, 0.3) is 5.44 Å². The molecule has 1 aromatic rings. The number of ether oxygens (including phenoxy) is 2. The first-order valence-electron chi connectivity index (χ1n) is 5.43. The quantitative estimate of drug-likeness (QED) is 0.756. The van der Waals surface area contributed by atoms with Crippen LogP contribution in [0.3, 0.4) is 0 Å². The highest BCUT2D eigenvalue weighted by molar-refractivity contribution is 7.92. The summed E-state index contributed by atoms with van der Waals surface area (Å²) in [6, 6.07) is 6.20. The average Bonchev–Trinajstić information content (AvgIpc) is 2.30. The summed E-state index contributed by atoms with van der Waals surface area (Å²) >= 11 is 0. The number of rotatable bonds is 5. The molecule has 0 aliphatic heterocycles. The Kier molecular flexibility index (Phi) is 4.86. The molecule has 0 radical (unpaired) electrons. The van der Waals surface area contributed by atoms with Gasteiger partial charge in [-0.15, -0.1) is 0 Å². The van der Waals surface area contributed by atoms with Crippen LogP contribution in [-0.2, 0) is 24.1 Å². The highest BCUT2D eigenvalue weighted by atomic mass is 32.2. The second-order valence-electron chi connectivity index (χ2n) is 3.68. The second kappa shape index (κ2) is 5.97. The van der Waals surface area contributed by atoms with Crippen molar-refractivity contribution in [1.29, 1.82) is 0 Å². The van der Waals surface area contributed by atoms with E-state index in [2.05, 4.69) is 4.74 Å². The van der Waals surface area contributed by atoms with Crippen molar-refractivity contribution in [2.75, 3.05) is 13.7 Å². The van der Waals surface area contributed by atoms with Crippen LogP contribution in [0.15, 0.2) is 29.2 Å². The number of carbonyl (C=O) groups excluding carboxylic acids is 1. The number of aryl methyl sites for hydroxylation is 1. The molecule has 1 rings (SSSR count). The summed E-state index contributed by atoms with van der Waals surface area (Å²) in [5.74, 6) is -0.902. The van der Waals surface area contributed by atoms with Gasteiger partial charge in [0, 0.05) is 7.11 Å². The number of sulfone groups is 1. The largest absolute Gasteiger partial charge is 0.463 e. The van der Waals surface area contributed by atoms with Crippen molar-refractivity contribution in [3.8, 4) is 0 Å². The van der Waals surface area contributed by atoms with Crippen molar-refractivity contribution in [2.24, 2.45) is 0 Å². The predicted octanol–water partition coefficient (Wildman–Crippen LogP) is 1.30. The summed E-state index contributed by atoms with van der Waals surface area (Å²) in [7, 11) is -2.73. The Morgan fingerprint density at radius 3 is 2.28 bits per heavy atom. The molecule has 1 atom stereocenters. The number of benzene rings is 1. The third-order valence-corrected chi connectivity index (χ3v) is 4.20. The SMILES string of the molecule is CCOC(=O)C(OC)S(=O)(=O)c1ccc(C)cc1. The fourth-order valence-corrected chi connectivity index (χ4v) is 2.75. The van der Waals surface area contributed by atoms with E-state index in [0.29, 0.717) is 0 Å². The van der Waals surface area contributed by atoms with Gasteiger partial charge in [0.2, 0.25) is 9.84 Å². The first kappa shape index (κ1) is 14.7. The number of methoxy groups -OCH3 is 1. The van der Waals surface area contributed by atoms with Crippen molar-refractivity contribution >= 4 is 15.8 Å². The monoisotopic (exact) mass is 272 g/mol. The van der Waals surface area contributed by atoms with E-state index in [4.69, 9.17) is 4.74 Å². The van der Waals surface area contributed by atoms with E-state index >= 15 is 0 Å². The molecular weight excluding hydrogens is 256 g/mol. The van der Waals surface area contributed by atoms with E-state index < -0.39 is 21.2 Å². The Labute approximate surface area is 107 Å². The van der Waals surface area contributed by atoms with E-state index in [1.54, 1.807) is 19.1 Å². The molecule has 0 saturated heterocycles. The van der Waals surface area contributed by atoms with Crippen LogP contribution in [0.25, 0.3) is 0 Å². The molecule has 0 amide bonds. The minimum atomic E-state index is -3.89. The maximum absolute atomic E-state index is 12.2. The number of hydrogen-bond donors (Lipinski definition) is 0. The van der Waals surface area contributed by atoms with Gasteiger partial charge in [0.1, 0.15) is 0 Å². The maximum Gasteiger partial charge on any atom is 0.351 e. The standard InChI is InChI=1S/C12H16O5S/c1-4-17-11(13)12(16-3)18(14,15)10-7-5-9(2)6-8-10/h5-8,12H,4H2,1-3H3. The van der Waals surface area contributed by atoms with E-state index in [1.165, 1.54) is 12.1 Å². The Hall–Kier alpha value is -1.40. The highest BCUT2D eigenvalue weighted by Gasteiger charge is 2.35. The van der Waals surface area contributed by atoms with Crippen LogP contribution in [-0.4, -0.2) is 33.5 Å². The van der Waals surface area contributed by atoms with Crippen molar-refractivity contribution in [3.63, 3.8) is 0 Å². The zero-order valence-electron chi connectivity index (χ0n) is 10.5. The molecule has 5 nitrogen and oxygen atoms in total. The normalized spacial score (nSPS) is 13.1. The Bertz CT molecular complexity index is 504. The lowest BCUT2D eigenvalue weighted by molar-refractivity contribution is -0.149. The zero-order valence-corrected chi connectivity index (χ0v) is 11.4. The Morgan fingerprint density at radius 1 is 1.28 bits per heavy atom. The first-order valence-corrected chi connectivity index (χ1v) is 6.98. The van der Waals surface area contributed by atoms with Gasteiger partial charge in [0.15, 0.2) is 0 Å². The number of carbonyl (C=O) groups is 1. The van der Waals surface area contributed by atoms with Crippen molar-refractivity contribution in [1.82, 2.24) is 0 Å². The van der Waals surface area contributed by atoms with E-state index in [1.807, 2.05) is 6.92 Å². The van der Waals surface area contributed by atoms with Crippen LogP contribution in [0.5, 0.6) is 0 Å². The third-order valence-electron chi connectivity index (χ3n) is 2.32. The molecule has 0 aliphatic carbocycles. The van der Waals surface area contributed by atoms with Gasteiger partial charge in [-0.2, -0.15) is 0 Å². The molecule has 18 heavy (non-hydrogen) atoms. The van der Waals surface area contributed by atoms with Crippen LogP contribution in [0, 0.1) is 6.92 Å². The predicted molar refractivity (Wildman–Crippen MR) is 65.8 cm³/mol. The van der Waals surface area contributed by atoms with Crippen molar-refractivity contribution in [3.05, 3.63) is 29.8 Å². The zero-order chi connectivity index (χ0) is 13.8. The fraction of sp³-hybridized carbons (Fsp3) is 0.417. The van der Waals surface area contributed by atoms with E-state index in [0.717, 1.165) is 12.7 Å². The summed E-state index contributed by atoms with van der Waals surface area (Å²) < 4.78 is 33.8. The molecule has 0 aromatic heterocycles. The van der Waals surface area contributed by atoms with Gasteiger partial charge in [-0.25, -0.2) is 13.2 Å². The van der Waals surface area contributed by atoms with Crippen LogP contribution < -0.4 is 0 Å². The fourth-order valence-electron chi connectivity index (χ4n) is 1.41. The lowest BCUT2D eigenvalue weighted by atomic mass is 10.2. The van der Waals surface area contributed by atoms with Crippen molar-refractivity contribution < 1.29 is 22.7 Å². The summed E-state index contributed by atoms with van der Waals surface area (Å²) in [5.41, 5.74) is -0.695. The first-order chi connectivity index (χ1) is 8.43. The minimum Gasteiger partial charge on any atom is -0.463 e. The van der Waals surface area contributed by atoms with Gasteiger partial charge in [-0.1, -0.05) is 17.7 Å². The van der Waals surface area contributed by atoms with Gasteiger partial charge in [0.05, 0.1) is 11.5 Å². The van der Waals surface area contributed by atoms with Crippen LogP contribution >= 0.6 is 0 Å². The van der Waals surface area contributed by atoms with E-state index in [9.17, 15) is 13.2 Å². The summed E-state index contributed by atoms with van der Waals surface area (Å²) in [6.45, 7) is 3.54. The lowest BCUT2D eigenvalue weighted by Crippen LogP contribution is -2.33. The molecule has 0 heterocycles. The molecule has 6 heteroatoms. The van der Waals surface area contributed by atoms with Gasteiger partial charge in [-0.05, 0) is 26.0 Å². The molecule has 0 aliphatic rings. The van der Waals surface area contributed by atoms with Crippen LogP contribution in [0.2, 0.25) is 0 Å². The number of hydrogen-bond acceptors (Lipinski definition) is 5. The molecule has 100 valence electrons. The van der Waals surface area contributed by atoms with Gasteiger partial charge >= 0.3 is 5.97 Å². The molecule has 1 unspecified atom stereocenters. The third kappa shape index (κ3) is 3.08. The van der Waals surface area contributed by atoms with Crippen molar-refractivity contribution in [2.45, 2.75) is 24.2 Å². The maximum atomic E-state index is 12.2. The van der Waals surface area contributed by atoms with Crippen LogP contribution in [0.1, 0.15) is 12.5 Å². The highest BCUT2D eigenvalue weighted by Crippen LogP contribution is 2.18. The number of esters is 1. The topological polar surface area (TPSA) is 69.7 Å². The lowest BCUT2D eigenvalue weighted by Gasteiger charge is -2.14. The molecule has 0 N–H and O–H groups in total. The molecular formula is C12H16O5S. The summed E-state index contributed by atoms with van der Waals surface area (Å²) in [4.78, 5) is 11.6. The van der Waals surface area contributed by atoms with Gasteiger partial charge < -0.3 is 9.47 Å². The minimum absolute atomic E-state index is 0.0352. The van der Waals surface area contributed by atoms with Crippen LogP contribution in [0.4, 0.5) is 0 Å².